The van der Waals surface area contributed by atoms with Crippen molar-refractivity contribution in [2.24, 2.45) is 0 Å². The van der Waals surface area contributed by atoms with Crippen molar-refractivity contribution in [1.29, 1.82) is 0 Å². The summed E-state index contributed by atoms with van der Waals surface area (Å²) in [6.07, 6.45) is 1.69. The van der Waals surface area contributed by atoms with Gasteiger partial charge in [-0.25, -0.2) is 9.97 Å². The Morgan fingerprint density at radius 1 is 1.58 bits per heavy atom. The Labute approximate surface area is 78.0 Å². The summed E-state index contributed by atoms with van der Waals surface area (Å²) in [5.41, 5.74) is 0.780. The van der Waals surface area contributed by atoms with Gasteiger partial charge in [-0.2, -0.15) is 0 Å². The zero-order valence-electron chi connectivity index (χ0n) is 6.24. The molecule has 0 fully saturated rings. The van der Waals surface area contributed by atoms with E-state index < -0.39 is 0 Å². The number of ether oxygens (including phenoxy) is 1. The molecule has 0 spiro atoms. The van der Waals surface area contributed by atoms with Gasteiger partial charge in [-0.05, 0) is 11.6 Å². The molecule has 3 nitrogen and oxygen atoms in total. The van der Waals surface area contributed by atoms with Crippen LogP contribution in [-0.4, -0.2) is 17.1 Å². The molecular weight excluding hydrogens is 196 g/mol. The Bertz CT molecular complexity index is 415. The van der Waals surface area contributed by atoms with Crippen molar-refractivity contribution < 1.29 is 4.74 Å². The van der Waals surface area contributed by atoms with Crippen molar-refractivity contribution in [3.05, 3.63) is 16.9 Å². The lowest BCUT2D eigenvalue weighted by atomic mass is 10.4. The number of hydrogen-bond acceptors (Lipinski definition) is 4. The fourth-order valence-electron chi connectivity index (χ4n) is 0.930. The second-order valence-corrected chi connectivity index (χ2v) is 3.41. The second-order valence-electron chi connectivity index (χ2n) is 2.16. The highest BCUT2D eigenvalue weighted by molar-refractivity contribution is 7.17. The van der Waals surface area contributed by atoms with E-state index in [-0.39, 0.29) is 5.28 Å². The fourth-order valence-corrected chi connectivity index (χ4v) is 1.88. The number of methoxy groups -OCH3 is 1. The van der Waals surface area contributed by atoms with Crippen LogP contribution in [0, 0.1) is 0 Å². The topological polar surface area (TPSA) is 35.0 Å². The van der Waals surface area contributed by atoms with Crippen LogP contribution >= 0.6 is 22.9 Å². The third kappa shape index (κ3) is 1.13. The minimum atomic E-state index is 0.249. The molecule has 0 aromatic carbocycles. The van der Waals surface area contributed by atoms with Gasteiger partial charge in [-0.1, -0.05) is 0 Å². The SMILES string of the molecule is COc1csc2cnc(Cl)nc12. The van der Waals surface area contributed by atoms with Crippen LogP contribution in [-0.2, 0) is 0 Å². The molecule has 0 N–H and O–H groups in total. The fraction of sp³-hybridized carbons (Fsp3) is 0.143. The predicted molar refractivity (Wildman–Crippen MR) is 49.0 cm³/mol. The van der Waals surface area contributed by atoms with E-state index in [9.17, 15) is 0 Å². The third-order valence-corrected chi connectivity index (χ3v) is 2.54. The van der Waals surface area contributed by atoms with E-state index >= 15 is 0 Å². The molecule has 0 unspecified atom stereocenters. The Hall–Kier alpha value is -0.870. The summed E-state index contributed by atoms with van der Waals surface area (Å²) in [5.74, 6) is 0.749. The molecule has 0 amide bonds. The highest BCUT2D eigenvalue weighted by atomic mass is 35.5. The summed E-state index contributed by atoms with van der Waals surface area (Å²) < 4.78 is 6.07. The monoisotopic (exact) mass is 200 g/mol. The number of aromatic nitrogens is 2. The van der Waals surface area contributed by atoms with Crippen molar-refractivity contribution in [3.63, 3.8) is 0 Å². The van der Waals surface area contributed by atoms with Gasteiger partial charge in [0.15, 0.2) is 5.75 Å². The largest absolute Gasteiger partial charge is 0.494 e. The quantitative estimate of drug-likeness (QED) is 0.663. The molecule has 0 bridgehead atoms. The first kappa shape index (κ1) is 7.76. The first-order valence-electron chi connectivity index (χ1n) is 3.25. The van der Waals surface area contributed by atoms with Gasteiger partial charge in [0.05, 0.1) is 11.8 Å². The third-order valence-electron chi connectivity index (χ3n) is 1.47. The number of nitrogens with zero attached hydrogens (tertiary/aromatic N) is 2. The van der Waals surface area contributed by atoms with Crippen LogP contribution < -0.4 is 4.74 Å². The van der Waals surface area contributed by atoms with Gasteiger partial charge in [-0.3, -0.25) is 0 Å². The van der Waals surface area contributed by atoms with E-state index in [4.69, 9.17) is 16.3 Å². The molecular formula is C7H5ClN2OS. The van der Waals surface area contributed by atoms with Gasteiger partial charge in [0.1, 0.15) is 5.52 Å². The summed E-state index contributed by atoms with van der Waals surface area (Å²) in [7, 11) is 1.61. The first-order chi connectivity index (χ1) is 5.81. The summed E-state index contributed by atoms with van der Waals surface area (Å²) >= 11 is 7.17. The molecule has 2 rings (SSSR count). The average Bonchev–Trinajstić information content (AvgIpc) is 2.46. The van der Waals surface area contributed by atoms with Gasteiger partial charge in [-0.15, -0.1) is 11.3 Å². The minimum absolute atomic E-state index is 0.249. The molecule has 5 heteroatoms. The lowest BCUT2D eigenvalue weighted by molar-refractivity contribution is 0.420. The Morgan fingerprint density at radius 3 is 3.17 bits per heavy atom. The van der Waals surface area contributed by atoms with Crippen LogP contribution in [0.25, 0.3) is 10.2 Å². The Balaban J connectivity index is 2.75. The molecule has 0 radical (unpaired) electrons. The zero-order chi connectivity index (χ0) is 8.55. The molecule has 0 aliphatic rings. The van der Waals surface area contributed by atoms with Crippen molar-refractivity contribution in [3.8, 4) is 5.75 Å². The Morgan fingerprint density at radius 2 is 2.42 bits per heavy atom. The molecule has 2 heterocycles. The summed E-state index contributed by atoms with van der Waals surface area (Å²) in [6.45, 7) is 0. The van der Waals surface area contributed by atoms with E-state index in [1.54, 1.807) is 13.3 Å². The zero-order valence-corrected chi connectivity index (χ0v) is 7.82. The van der Waals surface area contributed by atoms with Gasteiger partial charge >= 0.3 is 0 Å². The van der Waals surface area contributed by atoms with Crippen molar-refractivity contribution in [2.45, 2.75) is 0 Å². The van der Waals surface area contributed by atoms with Gasteiger partial charge in [0.25, 0.3) is 0 Å². The second kappa shape index (κ2) is 2.88. The summed E-state index contributed by atoms with van der Waals surface area (Å²) in [5, 5.41) is 2.13. The van der Waals surface area contributed by atoms with Crippen LogP contribution in [0.3, 0.4) is 0 Å². The molecule has 0 aliphatic carbocycles. The van der Waals surface area contributed by atoms with Crippen molar-refractivity contribution >= 4 is 33.2 Å². The number of halogens is 1. The highest BCUT2D eigenvalue weighted by Gasteiger charge is 2.05. The molecule has 62 valence electrons. The maximum Gasteiger partial charge on any atom is 0.223 e. The van der Waals surface area contributed by atoms with E-state index in [0.29, 0.717) is 0 Å². The molecule has 0 saturated heterocycles. The van der Waals surface area contributed by atoms with Gasteiger partial charge in [0, 0.05) is 11.6 Å². The molecule has 0 atom stereocenters. The first-order valence-corrected chi connectivity index (χ1v) is 4.51. The van der Waals surface area contributed by atoms with Crippen LogP contribution in [0.2, 0.25) is 5.28 Å². The molecule has 2 aromatic heterocycles. The van der Waals surface area contributed by atoms with E-state index in [1.807, 2.05) is 5.38 Å². The molecule has 0 aliphatic heterocycles. The summed E-state index contributed by atoms with van der Waals surface area (Å²) in [6, 6.07) is 0. The highest BCUT2D eigenvalue weighted by Crippen LogP contribution is 2.30. The Kier molecular flexibility index (Phi) is 1.86. The van der Waals surface area contributed by atoms with Gasteiger partial charge < -0.3 is 4.74 Å². The molecule has 2 aromatic rings. The standard InChI is InChI=1S/C7H5ClN2OS/c1-11-4-3-12-5-2-9-7(8)10-6(4)5/h2-3H,1H3. The van der Waals surface area contributed by atoms with Crippen LogP contribution in [0.15, 0.2) is 11.6 Å². The average molecular weight is 201 g/mol. The predicted octanol–water partition coefficient (Wildman–Crippen LogP) is 2.35. The summed E-state index contributed by atoms with van der Waals surface area (Å²) in [4.78, 5) is 7.91. The number of fused-ring (bicyclic) bond motifs is 1. The van der Waals surface area contributed by atoms with E-state index in [0.717, 1.165) is 16.0 Å². The van der Waals surface area contributed by atoms with Crippen molar-refractivity contribution in [1.82, 2.24) is 9.97 Å². The van der Waals surface area contributed by atoms with E-state index in [1.165, 1.54) is 11.3 Å². The van der Waals surface area contributed by atoms with Crippen LogP contribution in [0.4, 0.5) is 0 Å². The maximum atomic E-state index is 5.63. The maximum absolute atomic E-state index is 5.63. The van der Waals surface area contributed by atoms with Gasteiger partial charge in [0.2, 0.25) is 5.28 Å². The number of rotatable bonds is 1. The lowest BCUT2D eigenvalue weighted by Crippen LogP contribution is -1.84. The molecule has 0 saturated carbocycles. The normalized spacial score (nSPS) is 10.5. The lowest BCUT2D eigenvalue weighted by Gasteiger charge is -1.94. The number of hydrogen-bond donors (Lipinski definition) is 0. The smallest absolute Gasteiger partial charge is 0.223 e. The van der Waals surface area contributed by atoms with Crippen LogP contribution in [0.1, 0.15) is 0 Å². The molecule has 12 heavy (non-hydrogen) atoms. The number of thiophene rings is 1. The minimum Gasteiger partial charge on any atom is -0.494 e. The van der Waals surface area contributed by atoms with E-state index in [2.05, 4.69) is 9.97 Å². The van der Waals surface area contributed by atoms with Crippen molar-refractivity contribution in [2.75, 3.05) is 7.11 Å². The van der Waals surface area contributed by atoms with Crippen LogP contribution in [0.5, 0.6) is 5.75 Å².